The summed E-state index contributed by atoms with van der Waals surface area (Å²) >= 11 is 0. The van der Waals surface area contributed by atoms with Crippen LogP contribution in [0.3, 0.4) is 0 Å². The first-order chi connectivity index (χ1) is 8.78. The molecule has 1 aromatic rings. The number of likely N-dealkylation sites (tertiary alicyclic amines) is 1. The van der Waals surface area contributed by atoms with Crippen LogP contribution in [-0.2, 0) is 18.3 Å². The van der Waals surface area contributed by atoms with Gasteiger partial charge in [-0.25, -0.2) is 0 Å². The Balaban J connectivity index is 1.67. The molecular formula is C13H24N4O. The van der Waals surface area contributed by atoms with Gasteiger partial charge in [0, 0.05) is 39.5 Å². The van der Waals surface area contributed by atoms with Crippen LogP contribution in [0, 0.1) is 0 Å². The van der Waals surface area contributed by atoms with Gasteiger partial charge in [0.2, 0.25) is 0 Å². The molecule has 2 heterocycles. The molecule has 5 nitrogen and oxygen atoms in total. The van der Waals surface area contributed by atoms with Gasteiger partial charge in [-0.1, -0.05) is 0 Å². The van der Waals surface area contributed by atoms with E-state index in [1.165, 1.54) is 0 Å². The first-order valence-corrected chi connectivity index (χ1v) is 6.80. The number of aryl methyl sites for hydroxylation is 1. The van der Waals surface area contributed by atoms with Crippen molar-refractivity contribution in [1.82, 2.24) is 14.7 Å². The minimum atomic E-state index is 0.427. The minimum Gasteiger partial charge on any atom is -0.378 e. The van der Waals surface area contributed by atoms with Crippen LogP contribution >= 0.6 is 0 Å². The molecule has 0 aromatic carbocycles. The van der Waals surface area contributed by atoms with Gasteiger partial charge >= 0.3 is 0 Å². The zero-order valence-corrected chi connectivity index (χ0v) is 11.2. The fourth-order valence-corrected chi connectivity index (χ4v) is 2.34. The van der Waals surface area contributed by atoms with Crippen LogP contribution in [0.2, 0.25) is 0 Å². The van der Waals surface area contributed by atoms with E-state index in [1.807, 2.05) is 17.9 Å². The minimum absolute atomic E-state index is 0.427. The van der Waals surface area contributed by atoms with Crippen LogP contribution in [-0.4, -0.2) is 47.0 Å². The highest BCUT2D eigenvalue weighted by molar-refractivity contribution is 4.98. The predicted molar refractivity (Wildman–Crippen MR) is 71.1 cm³/mol. The summed E-state index contributed by atoms with van der Waals surface area (Å²) in [6.45, 7) is 4.68. The van der Waals surface area contributed by atoms with E-state index in [1.54, 1.807) is 0 Å². The fraction of sp³-hybridized carbons (Fsp3) is 0.769. The van der Waals surface area contributed by atoms with Crippen molar-refractivity contribution >= 4 is 0 Å². The Morgan fingerprint density at radius 3 is 2.83 bits per heavy atom. The second kappa shape index (κ2) is 6.87. The average molecular weight is 252 g/mol. The van der Waals surface area contributed by atoms with E-state index in [0.29, 0.717) is 6.10 Å². The van der Waals surface area contributed by atoms with Gasteiger partial charge in [-0.3, -0.25) is 9.58 Å². The summed E-state index contributed by atoms with van der Waals surface area (Å²) in [5, 5.41) is 4.41. The van der Waals surface area contributed by atoms with Crippen molar-refractivity contribution in [2.24, 2.45) is 12.8 Å². The van der Waals surface area contributed by atoms with E-state index in [2.05, 4.69) is 16.1 Å². The van der Waals surface area contributed by atoms with Gasteiger partial charge in [-0.15, -0.1) is 0 Å². The number of piperidine rings is 1. The highest BCUT2D eigenvalue weighted by atomic mass is 16.5. The molecule has 1 aliphatic rings. The zero-order chi connectivity index (χ0) is 12.8. The molecule has 2 N–H and O–H groups in total. The molecule has 0 unspecified atom stereocenters. The molecule has 5 heteroatoms. The van der Waals surface area contributed by atoms with E-state index >= 15 is 0 Å². The summed E-state index contributed by atoms with van der Waals surface area (Å²) in [6.07, 6.45) is 5.64. The fourth-order valence-electron chi connectivity index (χ4n) is 2.34. The molecule has 0 aliphatic carbocycles. The Bertz CT molecular complexity index is 345. The maximum absolute atomic E-state index is 5.80. The SMILES string of the molecule is Cn1ccc(CN2CCC(OCCCN)CC2)n1. The summed E-state index contributed by atoms with van der Waals surface area (Å²) in [7, 11) is 1.96. The first-order valence-electron chi connectivity index (χ1n) is 6.80. The second-order valence-electron chi connectivity index (χ2n) is 4.97. The molecule has 1 saturated heterocycles. The molecule has 1 aromatic heterocycles. The molecule has 0 amide bonds. The molecule has 0 spiro atoms. The second-order valence-corrected chi connectivity index (χ2v) is 4.97. The third kappa shape index (κ3) is 4.08. The van der Waals surface area contributed by atoms with Crippen LogP contribution in [0.4, 0.5) is 0 Å². The van der Waals surface area contributed by atoms with Crippen molar-refractivity contribution in [2.45, 2.75) is 31.9 Å². The Labute approximate surface area is 109 Å². The van der Waals surface area contributed by atoms with E-state index in [9.17, 15) is 0 Å². The third-order valence-corrected chi connectivity index (χ3v) is 3.39. The van der Waals surface area contributed by atoms with Gasteiger partial charge in [-0.2, -0.15) is 5.10 Å². The number of hydrogen-bond donors (Lipinski definition) is 1. The van der Waals surface area contributed by atoms with Crippen molar-refractivity contribution in [3.8, 4) is 0 Å². The Morgan fingerprint density at radius 2 is 2.22 bits per heavy atom. The number of nitrogens with two attached hydrogens (primary N) is 1. The van der Waals surface area contributed by atoms with Crippen molar-refractivity contribution in [1.29, 1.82) is 0 Å². The van der Waals surface area contributed by atoms with Crippen molar-refractivity contribution in [3.63, 3.8) is 0 Å². The predicted octanol–water partition coefficient (Wildman–Crippen LogP) is 0.750. The lowest BCUT2D eigenvalue weighted by Crippen LogP contribution is -2.36. The molecule has 102 valence electrons. The molecule has 1 fully saturated rings. The van der Waals surface area contributed by atoms with Crippen LogP contribution in [0.15, 0.2) is 12.3 Å². The molecule has 0 bridgehead atoms. The quantitative estimate of drug-likeness (QED) is 0.759. The first kappa shape index (κ1) is 13.5. The Hall–Kier alpha value is -0.910. The van der Waals surface area contributed by atoms with Crippen molar-refractivity contribution < 1.29 is 4.74 Å². The topological polar surface area (TPSA) is 56.3 Å². The summed E-state index contributed by atoms with van der Waals surface area (Å²) in [4.78, 5) is 2.45. The van der Waals surface area contributed by atoms with Gasteiger partial charge in [-0.05, 0) is 31.9 Å². The summed E-state index contributed by atoms with van der Waals surface area (Å²) < 4.78 is 7.66. The molecular weight excluding hydrogens is 228 g/mol. The number of hydrogen-bond acceptors (Lipinski definition) is 4. The summed E-state index contributed by atoms with van der Waals surface area (Å²) in [5.74, 6) is 0. The van der Waals surface area contributed by atoms with Gasteiger partial charge in [0.05, 0.1) is 11.8 Å². The largest absolute Gasteiger partial charge is 0.378 e. The molecule has 0 radical (unpaired) electrons. The van der Waals surface area contributed by atoms with E-state index in [-0.39, 0.29) is 0 Å². The number of nitrogens with zero attached hydrogens (tertiary/aromatic N) is 3. The lowest BCUT2D eigenvalue weighted by molar-refractivity contribution is 0.00538. The van der Waals surface area contributed by atoms with Crippen LogP contribution in [0.5, 0.6) is 0 Å². The van der Waals surface area contributed by atoms with E-state index < -0.39 is 0 Å². The lowest BCUT2D eigenvalue weighted by atomic mass is 10.1. The third-order valence-electron chi connectivity index (χ3n) is 3.39. The Morgan fingerprint density at radius 1 is 1.44 bits per heavy atom. The molecule has 18 heavy (non-hydrogen) atoms. The number of ether oxygens (including phenoxy) is 1. The van der Waals surface area contributed by atoms with Crippen LogP contribution in [0.25, 0.3) is 0 Å². The molecule has 0 atom stereocenters. The zero-order valence-electron chi connectivity index (χ0n) is 11.2. The highest BCUT2D eigenvalue weighted by Crippen LogP contribution is 2.15. The average Bonchev–Trinajstić information content (AvgIpc) is 2.77. The molecule has 0 saturated carbocycles. The number of rotatable bonds is 6. The van der Waals surface area contributed by atoms with Crippen molar-refractivity contribution in [3.05, 3.63) is 18.0 Å². The van der Waals surface area contributed by atoms with Crippen molar-refractivity contribution in [2.75, 3.05) is 26.2 Å². The monoisotopic (exact) mass is 252 g/mol. The summed E-state index contributed by atoms with van der Waals surface area (Å²) in [6, 6.07) is 2.09. The smallest absolute Gasteiger partial charge is 0.0764 e. The molecule has 2 rings (SSSR count). The molecule has 1 aliphatic heterocycles. The Kier molecular flexibility index (Phi) is 5.16. The van der Waals surface area contributed by atoms with Gasteiger partial charge < -0.3 is 10.5 Å². The van der Waals surface area contributed by atoms with E-state index in [0.717, 1.165) is 57.7 Å². The standard InChI is InChI=1S/C13H24N4O/c1-16-7-3-12(15-16)11-17-8-4-13(5-9-17)18-10-2-6-14/h3,7,13H,2,4-6,8-11,14H2,1H3. The van der Waals surface area contributed by atoms with E-state index in [4.69, 9.17) is 10.5 Å². The van der Waals surface area contributed by atoms with Gasteiger partial charge in [0.15, 0.2) is 0 Å². The lowest BCUT2D eigenvalue weighted by Gasteiger charge is -2.31. The van der Waals surface area contributed by atoms with Gasteiger partial charge in [0.1, 0.15) is 0 Å². The highest BCUT2D eigenvalue weighted by Gasteiger charge is 2.19. The summed E-state index contributed by atoms with van der Waals surface area (Å²) in [5.41, 5.74) is 6.61. The maximum atomic E-state index is 5.80. The maximum Gasteiger partial charge on any atom is 0.0764 e. The number of aromatic nitrogens is 2. The normalized spacial score (nSPS) is 18.3. The van der Waals surface area contributed by atoms with Gasteiger partial charge in [0.25, 0.3) is 0 Å². The van der Waals surface area contributed by atoms with Crippen LogP contribution in [0.1, 0.15) is 25.0 Å². The van der Waals surface area contributed by atoms with Crippen LogP contribution < -0.4 is 5.73 Å².